The molecule has 21 heavy (non-hydrogen) atoms. The second kappa shape index (κ2) is 4.69. The smallest absolute Gasteiger partial charge is 0.251 e. The lowest BCUT2D eigenvalue weighted by molar-refractivity contribution is 0.563. The summed E-state index contributed by atoms with van der Waals surface area (Å²) in [4.78, 5) is 12.2. The molecule has 110 valence electrons. The van der Waals surface area contributed by atoms with Crippen molar-refractivity contribution in [1.82, 2.24) is 4.57 Å². The summed E-state index contributed by atoms with van der Waals surface area (Å²) in [5.74, 6) is -1.27. The monoisotopic (exact) mass is 290 g/mol. The Bertz CT molecular complexity index is 765. The number of benzene rings is 1. The van der Waals surface area contributed by atoms with Gasteiger partial charge in [-0.25, -0.2) is 8.78 Å². The summed E-state index contributed by atoms with van der Waals surface area (Å²) in [7, 11) is 0. The zero-order valence-corrected chi connectivity index (χ0v) is 11.9. The number of rotatable bonds is 2. The van der Waals surface area contributed by atoms with Gasteiger partial charge >= 0.3 is 0 Å². The van der Waals surface area contributed by atoms with Crippen LogP contribution in [0.15, 0.2) is 35.3 Å². The Labute approximate surface area is 121 Å². The van der Waals surface area contributed by atoms with Crippen LogP contribution in [0, 0.1) is 11.6 Å². The van der Waals surface area contributed by atoms with Crippen molar-refractivity contribution in [1.29, 1.82) is 0 Å². The van der Waals surface area contributed by atoms with E-state index in [0.29, 0.717) is 0 Å². The highest BCUT2D eigenvalue weighted by molar-refractivity contribution is 5.58. The molecule has 5 heteroatoms. The number of nitrogens with one attached hydrogen (secondary N) is 1. The van der Waals surface area contributed by atoms with Crippen molar-refractivity contribution >= 4 is 5.69 Å². The minimum Gasteiger partial charge on any atom is -0.383 e. The van der Waals surface area contributed by atoms with Gasteiger partial charge in [-0.3, -0.25) is 4.79 Å². The third-order valence-corrected chi connectivity index (χ3v) is 3.93. The highest BCUT2D eigenvalue weighted by Gasteiger charge is 2.30. The quantitative estimate of drug-likeness (QED) is 0.923. The van der Waals surface area contributed by atoms with Crippen LogP contribution in [0.3, 0.4) is 0 Å². The molecule has 0 aliphatic carbocycles. The van der Waals surface area contributed by atoms with Gasteiger partial charge in [-0.15, -0.1) is 0 Å². The third-order valence-electron chi connectivity index (χ3n) is 3.93. The van der Waals surface area contributed by atoms with Gasteiger partial charge in [0.15, 0.2) is 0 Å². The Kier molecular flexibility index (Phi) is 3.08. The molecular formula is C16H16F2N2O. The average Bonchev–Trinajstić information content (AvgIpc) is 2.69. The summed E-state index contributed by atoms with van der Waals surface area (Å²) in [6.45, 7) is 4.97. The molecule has 0 saturated carbocycles. The number of pyridine rings is 1. The van der Waals surface area contributed by atoms with E-state index in [4.69, 9.17) is 0 Å². The molecule has 1 N–H and O–H groups in total. The van der Waals surface area contributed by atoms with E-state index < -0.39 is 11.6 Å². The fourth-order valence-corrected chi connectivity index (χ4v) is 2.64. The second-order valence-electron chi connectivity index (χ2n) is 6.04. The standard InChI is InChI=1S/C16H16F2N2O/c1-16(2)9-19-14-8-20(15(21)6-12(14)16)7-10-3-4-11(17)5-13(10)18/h3-6,8,19H,7,9H2,1-2H3. The number of aromatic nitrogens is 1. The zero-order chi connectivity index (χ0) is 15.2. The van der Waals surface area contributed by atoms with E-state index in [2.05, 4.69) is 19.2 Å². The Hall–Kier alpha value is -2.17. The molecule has 1 aliphatic heterocycles. The Balaban J connectivity index is 1.99. The van der Waals surface area contributed by atoms with Crippen LogP contribution in [0.25, 0.3) is 0 Å². The molecule has 0 spiro atoms. The lowest BCUT2D eigenvalue weighted by Crippen LogP contribution is -2.23. The van der Waals surface area contributed by atoms with Gasteiger partial charge in [0.05, 0.1) is 12.2 Å². The molecule has 3 rings (SSSR count). The summed E-state index contributed by atoms with van der Waals surface area (Å²) in [5.41, 5.74) is 1.88. The van der Waals surface area contributed by atoms with E-state index in [9.17, 15) is 13.6 Å². The van der Waals surface area contributed by atoms with Gasteiger partial charge < -0.3 is 9.88 Å². The summed E-state index contributed by atoms with van der Waals surface area (Å²) in [6.07, 6.45) is 1.70. The maximum absolute atomic E-state index is 13.7. The van der Waals surface area contributed by atoms with E-state index in [1.54, 1.807) is 12.3 Å². The molecule has 0 saturated heterocycles. The first-order valence-electron chi connectivity index (χ1n) is 6.79. The molecule has 0 bridgehead atoms. The zero-order valence-electron chi connectivity index (χ0n) is 11.9. The largest absolute Gasteiger partial charge is 0.383 e. The highest BCUT2D eigenvalue weighted by Crippen LogP contribution is 2.34. The van der Waals surface area contributed by atoms with Gasteiger partial charge in [0.25, 0.3) is 5.56 Å². The maximum atomic E-state index is 13.7. The van der Waals surface area contributed by atoms with E-state index in [-0.39, 0.29) is 23.1 Å². The van der Waals surface area contributed by atoms with Crippen LogP contribution >= 0.6 is 0 Å². The fraction of sp³-hybridized carbons (Fsp3) is 0.312. The first-order chi connectivity index (χ1) is 9.87. The Morgan fingerprint density at radius 3 is 2.76 bits per heavy atom. The molecule has 0 unspecified atom stereocenters. The summed E-state index contributed by atoms with van der Waals surface area (Å²) < 4.78 is 28.0. The molecule has 0 amide bonds. The highest BCUT2D eigenvalue weighted by atomic mass is 19.1. The summed E-state index contributed by atoms with van der Waals surface area (Å²) in [5, 5.41) is 3.25. The molecule has 0 radical (unpaired) electrons. The van der Waals surface area contributed by atoms with Gasteiger partial charge in [0.1, 0.15) is 11.6 Å². The van der Waals surface area contributed by atoms with Crippen molar-refractivity contribution in [2.75, 3.05) is 11.9 Å². The molecule has 0 atom stereocenters. The molecule has 2 aromatic rings. The first kappa shape index (κ1) is 13.8. The molecule has 3 nitrogen and oxygen atoms in total. The fourth-order valence-electron chi connectivity index (χ4n) is 2.64. The van der Waals surface area contributed by atoms with Gasteiger partial charge in [-0.1, -0.05) is 19.9 Å². The van der Waals surface area contributed by atoms with Crippen molar-refractivity contribution < 1.29 is 8.78 Å². The lowest BCUT2D eigenvalue weighted by atomic mass is 9.88. The number of hydrogen-bond donors (Lipinski definition) is 1. The summed E-state index contributed by atoms with van der Waals surface area (Å²) >= 11 is 0. The first-order valence-corrected chi connectivity index (χ1v) is 6.79. The van der Waals surface area contributed by atoms with Crippen LogP contribution < -0.4 is 10.9 Å². The van der Waals surface area contributed by atoms with Crippen molar-refractivity contribution in [2.24, 2.45) is 0 Å². The van der Waals surface area contributed by atoms with Gasteiger partial charge in [-0.05, 0) is 11.6 Å². The number of halogens is 2. The molecule has 2 heterocycles. The maximum Gasteiger partial charge on any atom is 0.251 e. The third kappa shape index (κ3) is 2.44. The average molecular weight is 290 g/mol. The predicted octanol–water partition coefficient (Wildman–Crippen LogP) is 2.88. The van der Waals surface area contributed by atoms with Gasteiger partial charge in [0, 0.05) is 35.9 Å². The number of nitrogens with zero attached hydrogens (tertiary/aromatic N) is 1. The van der Waals surface area contributed by atoms with Crippen LogP contribution in [-0.4, -0.2) is 11.1 Å². The minimum atomic E-state index is -0.643. The van der Waals surface area contributed by atoms with Crippen LogP contribution in [0.1, 0.15) is 25.0 Å². The van der Waals surface area contributed by atoms with Crippen molar-refractivity contribution in [3.05, 3.63) is 63.6 Å². The van der Waals surface area contributed by atoms with Crippen LogP contribution in [-0.2, 0) is 12.0 Å². The lowest BCUT2D eigenvalue weighted by Gasteiger charge is -2.17. The Morgan fingerprint density at radius 1 is 1.29 bits per heavy atom. The van der Waals surface area contributed by atoms with E-state index in [1.807, 2.05) is 0 Å². The van der Waals surface area contributed by atoms with Crippen molar-refractivity contribution in [2.45, 2.75) is 25.8 Å². The molecule has 1 aromatic heterocycles. The van der Waals surface area contributed by atoms with Crippen LogP contribution in [0.5, 0.6) is 0 Å². The molecule has 1 aliphatic rings. The van der Waals surface area contributed by atoms with Crippen LogP contribution in [0.4, 0.5) is 14.5 Å². The topological polar surface area (TPSA) is 34.0 Å². The predicted molar refractivity (Wildman–Crippen MR) is 77.7 cm³/mol. The van der Waals surface area contributed by atoms with E-state index in [0.717, 1.165) is 23.9 Å². The number of fused-ring (bicyclic) bond motifs is 1. The minimum absolute atomic E-state index is 0.0837. The van der Waals surface area contributed by atoms with E-state index in [1.165, 1.54) is 16.7 Å². The van der Waals surface area contributed by atoms with Crippen molar-refractivity contribution in [3.63, 3.8) is 0 Å². The SMILES string of the molecule is CC1(C)CNc2cn(Cc3ccc(F)cc3F)c(=O)cc21. The number of anilines is 1. The Morgan fingerprint density at radius 2 is 2.05 bits per heavy atom. The number of hydrogen-bond acceptors (Lipinski definition) is 2. The molecule has 1 aromatic carbocycles. The van der Waals surface area contributed by atoms with Crippen molar-refractivity contribution in [3.8, 4) is 0 Å². The molecule has 0 fully saturated rings. The van der Waals surface area contributed by atoms with E-state index >= 15 is 0 Å². The molecular weight excluding hydrogens is 274 g/mol. The van der Waals surface area contributed by atoms with Crippen LogP contribution in [0.2, 0.25) is 0 Å². The van der Waals surface area contributed by atoms with Gasteiger partial charge in [-0.2, -0.15) is 0 Å². The normalized spacial score (nSPS) is 15.6. The summed E-state index contributed by atoms with van der Waals surface area (Å²) in [6, 6.07) is 4.98. The second-order valence-corrected chi connectivity index (χ2v) is 6.04. The van der Waals surface area contributed by atoms with Gasteiger partial charge in [0.2, 0.25) is 0 Å².